The van der Waals surface area contributed by atoms with Gasteiger partial charge in [-0.05, 0) is 36.8 Å². The lowest BCUT2D eigenvalue weighted by atomic mass is 10.1. The van der Waals surface area contributed by atoms with E-state index in [1.807, 2.05) is 0 Å². The fourth-order valence-corrected chi connectivity index (χ4v) is 1.92. The van der Waals surface area contributed by atoms with Crippen LogP contribution in [-0.2, 0) is 6.54 Å². The van der Waals surface area contributed by atoms with E-state index in [4.69, 9.17) is 5.73 Å². The molecule has 1 amide bonds. The Morgan fingerprint density at radius 2 is 2.00 bits per heavy atom. The zero-order chi connectivity index (χ0) is 17.9. The number of halogens is 4. The number of aryl methyl sites for hydroxylation is 1. The Labute approximate surface area is 134 Å². The van der Waals surface area contributed by atoms with Gasteiger partial charge in [0.05, 0.1) is 0 Å². The van der Waals surface area contributed by atoms with Gasteiger partial charge < -0.3 is 15.8 Å². The minimum absolute atomic E-state index is 0.0538. The molecule has 2 rings (SSSR count). The second-order valence-electron chi connectivity index (χ2n) is 4.89. The number of benzene rings is 1. The molecule has 0 aliphatic carbocycles. The average Bonchev–Trinajstić information content (AvgIpc) is 2.48. The fraction of sp³-hybridized carbons (Fsp3) is 0.200. The van der Waals surface area contributed by atoms with Gasteiger partial charge in [0.2, 0.25) is 0 Å². The van der Waals surface area contributed by atoms with Crippen LogP contribution in [0.4, 0.5) is 23.4 Å². The van der Waals surface area contributed by atoms with E-state index >= 15 is 0 Å². The first kappa shape index (κ1) is 17.5. The molecule has 9 heteroatoms. The number of hydrogen-bond donors (Lipinski definition) is 2. The van der Waals surface area contributed by atoms with Crippen LogP contribution in [0.15, 0.2) is 30.3 Å². The van der Waals surface area contributed by atoms with Gasteiger partial charge in [0.1, 0.15) is 23.1 Å². The summed E-state index contributed by atoms with van der Waals surface area (Å²) in [6.07, 6.45) is -4.89. The first-order chi connectivity index (χ1) is 11.2. The van der Waals surface area contributed by atoms with Gasteiger partial charge in [-0.3, -0.25) is 4.79 Å². The number of rotatable bonds is 4. The van der Waals surface area contributed by atoms with Crippen molar-refractivity contribution in [1.82, 2.24) is 10.3 Å². The molecule has 0 bridgehead atoms. The number of nitrogens with one attached hydrogen (secondary N) is 1. The van der Waals surface area contributed by atoms with Crippen molar-refractivity contribution in [3.05, 3.63) is 53.0 Å². The summed E-state index contributed by atoms with van der Waals surface area (Å²) in [5, 5.41) is 2.38. The molecule has 0 unspecified atom stereocenters. The molecule has 0 saturated carbocycles. The molecule has 0 aliphatic rings. The van der Waals surface area contributed by atoms with Crippen molar-refractivity contribution in [1.29, 1.82) is 0 Å². The first-order valence-corrected chi connectivity index (χ1v) is 6.71. The number of ether oxygens (including phenoxy) is 1. The summed E-state index contributed by atoms with van der Waals surface area (Å²) < 4.78 is 53.9. The number of carbonyl (C=O) groups is 1. The van der Waals surface area contributed by atoms with Crippen LogP contribution in [0, 0.1) is 12.7 Å². The Morgan fingerprint density at radius 3 is 2.67 bits per heavy atom. The van der Waals surface area contributed by atoms with Crippen LogP contribution in [0.5, 0.6) is 5.75 Å². The molecule has 0 aliphatic heterocycles. The molecule has 128 valence electrons. The maximum absolute atomic E-state index is 13.7. The molecule has 3 N–H and O–H groups in total. The van der Waals surface area contributed by atoms with E-state index in [0.29, 0.717) is 5.56 Å². The van der Waals surface area contributed by atoms with Gasteiger partial charge in [0, 0.05) is 12.1 Å². The number of carbonyl (C=O) groups excluding carboxylic acids is 1. The number of aromatic nitrogens is 1. The van der Waals surface area contributed by atoms with E-state index in [9.17, 15) is 22.4 Å². The summed E-state index contributed by atoms with van der Waals surface area (Å²) in [4.78, 5) is 15.9. The Balaban J connectivity index is 2.12. The molecule has 1 heterocycles. The Bertz CT molecular complexity index is 763. The van der Waals surface area contributed by atoms with Gasteiger partial charge in [0.25, 0.3) is 5.91 Å². The van der Waals surface area contributed by atoms with Crippen molar-refractivity contribution in [3.63, 3.8) is 0 Å². The number of pyridine rings is 1. The van der Waals surface area contributed by atoms with Crippen LogP contribution in [0.1, 0.15) is 21.6 Å². The van der Waals surface area contributed by atoms with Crippen molar-refractivity contribution < 1.29 is 27.1 Å². The number of anilines is 1. The molecule has 1 aromatic heterocycles. The molecule has 2 aromatic rings. The highest BCUT2D eigenvalue weighted by Gasteiger charge is 2.31. The van der Waals surface area contributed by atoms with E-state index in [2.05, 4.69) is 15.0 Å². The van der Waals surface area contributed by atoms with Gasteiger partial charge in [0.15, 0.2) is 0 Å². The fourth-order valence-electron chi connectivity index (χ4n) is 1.92. The van der Waals surface area contributed by atoms with Crippen molar-refractivity contribution >= 4 is 11.7 Å². The largest absolute Gasteiger partial charge is 0.573 e. The number of alkyl halides is 3. The van der Waals surface area contributed by atoms with Crippen molar-refractivity contribution in [2.45, 2.75) is 19.8 Å². The van der Waals surface area contributed by atoms with Crippen LogP contribution in [0.2, 0.25) is 0 Å². The first-order valence-electron chi connectivity index (χ1n) is 6.71. The summed E-state index contributed by atoms with van der Waals surface area (Å²) in [6.45, 7) is 1.30. The minimum Gasteiger partial charge on any atom is -0.406 e. The maximum Gasteiger partial charge on any atom is 0.573 e. The topological polar surface area (TPSA) is 77.2 Å². The minimum atomic E-state index is -4.89. The van der Waals surface area contributed by atoms with Crippen LogP contribution >= 0.6 is 0 Å². The SMILES string of the molecule is Cc1ccc(N)nc1C(=O)NCc1cc(OC(F)(F)F)ccc1F. The molecular weight excluding hydrogens is 330 g/mol. The smallest absolute Gasteiger partial charge is 0.406 e. The lowest BCUT2D eigenvalue weighted by Gasteiger charge is -2.12. The molecule has 24 heavy (non-hydrogen) atoms. The third-order valence-corrected chi connectivity index (χ3v) is 3.02. The van der Waals surface area contributed by atoms with E-state index in [0.717, 1.165) is 18.2 Å². The third-order valence-electron chi connectivity index (χ3n) is 3.02. The number of nitrogens with zero attached hydrogens (tertiary/aromatic N) is 1. The quantitative estimate of drug-likeness (QED) is 0.837. The van der Waals surface area contributed by atoms with Crippen LogP contribution in [-0.4, -0.2) is 17.3 Å². The van der Waals surface area contributed by atoms with Crippen LogP contribution < -0.4 is 15.8 Å². The van der Waals surface area contributed by atoms with Crippen LogP contribution in [0.25, 0.3) is 0 Å². The second-order valence-corrected chi connectivity index (χ2v) is 4.89. The van der Waals surface area contributed by atoms with E-state index in [1.54, 1.807) is 13.0 Å². The highest BCUT2D eigenvalue weighted by atomic mass is 19.4. The molecule has 0 fully saturated rings. The van der Waals surface area contributed by atoms with E-state index < -0.39 is 23.8 Å². The van der Waals surface area contributed by atoms with Crippen molar-refractivity contribution in [2.75, 3.05) is 5.73 Å². The molecule has 0 atom stereocenters. The third kappa shape index (κ3) is 4.58. The Morgan fingerprint density at radius 1 is 1.29 bits per heavy atom. The van der Waals surface area contributed by atoms with E-state index in [-0.39, 0.29) is 23.6 Å². The van der Waals surface area contributed by atoms with Gasteiger partial charge in [-0.15, -0.1) is 13.2 Å². The van der Waals surface area contributed by atoms with Gasteiger partial charge in [-0.25, -0.2) is 9.37 Å². The standard InChI is InChI=1S/C15H13F4N3O2/c1-8-2-5-12(20)22-13(8)14(23)21-7-9-6-10(3-4-11(9)16)24-15(17,18)19/h2-6H,7H2,1H3,(H2,20,22)(H,21,23). The van der Waals surface area contributed by atoms with Gasteiger partial charge in [-0.2, -0.15) is 0 Å². The lowest BCUT2D eigenvalue weighted by molar-refractivity contribution is -0.274. The highest BCUT2D eigenvalue weighted by Crippen LogP contribution is 2.24. The van der Waals surface area contributed by atoms with E-state index in [1.165, 1.54) is 6.07 Å². The molecule has 1 aromatic carbocycles. The summed E-state index contributed by atoms with van der Waals surface area (Å²) in [7, 11) is 0. The molecule has 5 nitrogen and oxygen atoms in total. The second kappa shape index (κ2) is 6.73. The summed E-state index contributed by atoms with van der Waals surface area (Å²) in [5.41, 5.74) is 5.95. The molecule has 0 spiro atoms. The number of amides is 1. The summed E-state index contributed by atoms with van der Waals surface area (Å²) in [5.74, 6) is -1.84. The zero-order valence-electron chi connectivity index (χ0n) is 12.4. The van der Waals surface area contributed by atoms with Gasteiger partial charge in [-0.1, -0.05) is 6.07 Å². The molecule has 0 saturated heterocycles. The highest BCUT2D eigenvalue weighted by molar-refractivity contribution is 5.93. The van der Waals surface area contributed by atoms with Crippen LogP contribution in [0.3, 0.4) is 0 Å². The predicted molar refractivity (Wildman–Crippen MR) is 77.6 cm³/mol. The molecular formula is C15H13F4N3O2. The Kier molecular flexibility index (Phi) is 4.91. The zero-order valence-corrected chi connectivity index (χ0v) is 12.4. The Hall–Kier alpha value is -2.84. The number of hydrogen-bond acceptors (Lipinski definition) is 4. The lowest BCUT2D eigenvalue weighted by Crippen LogP contribution is -2.25. The average molecular weight is 343 g/mol. The van der Waals surface area contributed by atoms with Crippen molar-refractivity contribution in [2.24, 2.45) is 0 Å². The van der Waals surface area contributed by atoms with Crippen molar-refractivity contribution in [3.8, 4) is 5.75 Å². The summed E-state index contributed by atoms with van der Waals surface area (Å²) >= 11 is 0. The summed E-state index contributed by atoms with van der Waals surface area (Å²) in [6, 6.07) is 5.65. The maximum atomic E-state index is 13.7. The number of nitrogens with two attached hydrogens (primary N) is 1. The van der Waals surface area contributed by atoms with Gasteiger partial charge >= 0.3 is 6.36 Å². The normalized spacial score (nSPS) is 11.2. The molecule has 0 radical (unpaired) electrons. The number of nitrogen functional groups attached to an aromatic ring is 1. The predicted octanol–water partition coefficient (Wildman–Crippen LogP) is 2.94. The monoisotopic (exact) mass is 343 g/mol.